The Morgan fingerprint density at radius 2 is 2.00 bits per heavy atom. The van der Waals surface area contributed by atoms with Gasteiger partial charge in [0.05, 0.1) is 0 Å². The van der Waals surface area contributed by atoms with E-state index in [1.807, 2.05) is 18.0 Å². The third-order valence-corrected chi connectivity index (χ3v) is 1.67. The monoisotopic (exact) mass is 177 g/mol. The van der Waals surface area contributed by atoms with Crippen LogP contribution in [0.3, 0.4) is 0 Å². The van der Waals surface area contributed by atoms with E-state index >= 15 is 0 Å². The SMILES string of the molecule is CC(C)=CCN(C)c1ncccn1. The van der Waals surface area contributed by atoms with Crippen molar-refractivity contribution in [3.05, 3.63) is 30.1 Å². The molecule has 70 valence electrons. The quantitative estimate of drug-likeness (QED) is 0.660. The summed E-state index contributed by atoms with van der Waals surface area (Å²) in [6.07, 6.45) is 5.65. The highest BCUT2D eigenvalue weighted by Gasteiger charge is 1.98. The summed E-state index contributed by atoms with van der Waals surface area (Å²) in [5.74, 6) is 0.764. The predicted molar refractivity (Wildman–Crippen MR) is 54.7 cm³/mol. The Balaban J connectivity index is 2.59. The number of allylic oxidation sites excluding steroid dienone is 1. The van der Waals surface area contributed by atoms with Gasteiger partial charge in [-0.25, -0.2) is 9.97 Å². The van der Waals surface area contributed by atoms with Gasteiger partial charge < -0.3 is 4.90 Å². The molecule has 0 fully saturated rings. The molecule has 1 heterocycles. The molecule has 0 saturated carbocycles. The maximum atomic E-state index is 4.14. The van der Waals surface area contributed by atoms with Crippen molar-refractivity contribution in [1.29, 1.82) is 0 Å². The van der Waals surface area contributed by atoms with Gasteiger partial charge in [0.25, 0.3) is 0 Å². The molecule has 0 aliphatic rings. The van der Waals surface area contributed by atoms with Gasteiger partial charge in [-0.3, -0.25) is 0 Å². The van der Waals surface area contributed by atoms with Gasteiger partial charge >= 0.3 is 0 Å². The second-order valence-corrected chi connectivity index (χ2v) is 3.21. The molecule has 13 heavy (non-hydrogen) atoms. The first-order chi connectivity index (χ1) is 6.20. The maximum Gasteiger partial charge on any atom is 0.225 e. The highest BCUT2D eigenvalue weighted by molar-refractivity contribution is 5.28. The van der Waals surface area contributed by atoms with Crippen molar-refractivity contribution in [2.75, 3.05) is 18.5 Å². The minimum atomic E-state index is 0.764. The van der Waals surface area contributed by atoms with Crippen molar-refractivity contribution < 1.29 is 0 Å². The summed E-state index contributed by atoms with van der Waals surface area (Å²) >= 11 is 0. The zero-order chi connectivity index (χ0) is 9.68. The summed E-state index contributed by atoms with van der Waals surface area (Å²) in [4.78, 5) is 10.3. The lowest BCUT2D eigenvalue weighted by molar-refractivity contribution is 0.936. The molecule has 1 aromatic heterocycles. The molecule has 0 unspecified atom stereocenters. The smallest absolute Gasteiger partial charge is 0.225 e. The zero-order valence-corrected chi connectivity index (χ0v) is 8.36. The van der Waals surface area contributed by atoms with Crippen molar-refractivity contribution >= 4 is 5.95 Å². The van der Waals surface area contributed by atoms with Crippen LogP contribution in [-0.2, 0) is 0 Å². The molecule has 0 aliphatic heterocycles. The third-order valence-electron chi connectivity index (χ3n) is 1.67. The zero-order valence-electron chi connectivity index (χ0n) is 8.36. The van der Waals surface area contributed by atoms with Gasteiger partial charge in [0, 0.05) is 26.0 Å². The summed E-state index contributed by atoms with van der Waals surface area (Å²) in [7, 11) is 1.98. The van der Waals surface area contributed by atoms with Crippen LogP contribution in [0.25, 0.3) is 0 Å². The van der Waals surface area contributed by atoms with Crippen LogP contribution in [0.15, 0.2) is 30.1 Å². The number of anilines is 1. The Hall–Kier alpha value is -1.38. The molecule has 1 aromatic rings. The molecule has 3 heteroatoms. The Bertz CT molecular complexity index is 275. The van der Waals surface area contributed by atoms with Gasteiger partial charge in [0.2, 0.25) is 5.95 Å². The summed E-state index contributed by atoms with van der Waals surface area (Å²) in [6, 6.07) is 1.82. The third kappa shape index (κ3) is 3.23. The first-order valence-electron chi connectivity index (χ1n) is 4.31. The van der Waals surface area contributed by atoms with Crippen LogP contribution < -0.4 is 4.90 Å². The predicted octanol–water partition coefficient (Wildman–Crippen LogP) is 1.88. The first-order valence-corrected chi connectivity index (χ1v) is 4.31. The number of hydrogen-bond acceptors (Lipinski definition) is 3. The van der Waals surface area contributed by atoms with Crippen LogP contribution in [-0.4, -0.2) is 23.6 Å². The van der Waals surface area contributed by atoms with E-state index < -0.39 is 0 Å². The van der Waals surface area contributed by atoms with E-state index in [1.165, 1.54) is 5.57 Å². The van der Waals surface area contributed by atoms with Gasteiger partial charge in [-0.05, 0) is 19.9 Å². The number of nitrogens with zero attached hydrogens (tertiary/aromatic N) is 3. The standard InChI is InChI=1S/C10H15N3/c1-9(2)5-8-13(3)10-11-6-4-7-12-10/h4-7H,8H2,1-3H3. The Labute approximate surface area is 79.1 Å². The van der Waals surface area contributed by atoms with Gasteiger partial charge in [-0.1, -0.05) is 11.6 Å². The van der Waals surface area contributed by atoms with Crippen LogP contribution in [0.1, 0.15) is 13.8 Å². The van der Waals surface area contributed by atoms with Crippen LogP contribution in [0, 0.1) is 0 Å². The van der Waals surface area contributed by atoms with Gasteiger partial charge in [0.1, 0.15) is 0 Å². The fourth-order valence-corrected chi connectivity index (χ4v) is 0.889. The van der Waals surface area contributed by atoms with E-state index in [2.05, 4.69) is 29.9 Å². The molecule has 0 atom stereocenters. The normalized spacial score (nSPS) is 9.46. The van der Waals surface area contributed by atoms with Crippen molar-refractivity contribution in [2.24, 2.45) is 0 Å². The van der Waals surface area contributed by atoms with E-state index in [9.17, 15) is 0 Å². The topological polar surface area (TPSA) is 29.0 Å². The van der Waals surface area contributed by atoms with Crippen molar-refractivity contribution in [1.82, 2.24) is 9.97 Å². The van der Waals surface area contributed by atoms with Gasteiger partial charge in [-0.2, -0.15) is 0 Å². The van der Waals surface area contributed by atoms with Crippen molar-refractivity contribution in [3.8, 4) is 0 Å². The lowest BCUT2D eigenvalue weighted by Gasteiger charge is -2.13. The second kappa shape index (κ2) is 4.60. The van der Waals surface area contributed by atoms with Crippen LogP contribution in [0.2, 0.25) is 0 Å². The summed E-state index contributed by atoms with van der Waals surface area (Å²) in [5, 5.41) is 0. The molecule has 0 spiro atoms. The minimum Gasteiger partial charge on any atom is -0.340 e. The molecule has 3 nitrogen and oxygen atoms in total. The molecule has 0 bridgehead atoms. The lowest BCUT2D eigenvalue weighted by atomic mass is 10.3. The lowest BCUT2D eigenvalue weighted by Crippen LogP contribution is -2.19. The molecular weight excluding hydrogens is 162 g/mol. The molecule has 0 N–H and O–H groups in total. The van der Waals surface area contributed by atoms with E-state index in [1.54, 1.807) is 12.4 Å². The average molecular weight is 177 g/mol. The summed E-state index contributed by atoms with van der Waals surface area (Å²) in [6.45, 7) is 5.02. The van der Waals surface area contributed by atoms with E-state index in [4.69, 9.17) is 0 Å². The number of likely N-dealkylation sites (N-methyl/N-ethyl adjacent to an activating group) is 1. The highest BCUT2D eigenvalue weighted by atomic mass is 15.2. The van der Waals surface area contributed by atoms with Crippen molar-refractivity contribution in [2.45, 2.75) is 13.8 Å². The fraction of sp³-hybridized carbons (Fsp3) is 0.400. The Kier molecular flexibility index (Phi) is 3.43. The molecule has 0 aromatic carbocycles. The van der Waals surface area contributed by atoms with E-state index in [0.29, 0.717) is 0 Å². The van der Waals surface area contributed by atoms with Crippen LogP contribution >= 0.6 is 0 Å². The Morgan fingerprint density at radius 1 is 1.38 bits per heavy atom. The molecule has 0 aliphatic carbocycles. The van der Waals surface area contributed by atoms with E-state index in [0.717, 1.165) is 12.5 Å². The second-order valence-electron chi connectivity index (χ2n) is 3.21. The average Bonchev–Trinajstić information content (AvgIpc) is 2.15. The maximum absolute atomic E-state index is 4.14. The molecule has 0 amide bonds. The van der Waals surface area contributed by atoms with Crippen LogP contribution in [0.5, 0.6) is 0 Å². The molecular formula is C10H15N3. The van der Waals surface area contributed by atoms with Crippen molar-refractivity contribution in [3.63, 3.8) is 0 Å². The first kappa shape index (κ1) is 9.71. The minimum absolute atomic E-state index is 0.764. The number of rotatable bonds is 3. The Morgan fingerprint density at radius 3 is 2.54 bits per heavy atom. The summed E-state index contributed by atoms with van der Waals surface area (Å²) < 4.78 is 0. The van der Waals surface area contributed by atoms with Gasteiger partial charge in [-0.15, -0.1) is 0 Å². The molecule has 0 saturated heterocycles. The fourth-order valence-electron chi connectivity index (χ4n) is 0.889. The molecule has 1 rings (SSSR count). The number of hydrogen-bond donors (Lipinski definition) is 0. The molecule has 0 radical (unpaired) electrons. The highest BCUT2D eigenvalue weighted by Crippen LogP contribution is 2.02. The number of aromatic nitrogens is 2. The van der Waals surface area contributed by atoms with Crippen LogP contribution in [0.4, 0.5) is 5.95 Å². The van der Waals surface area contributed by atoms with Gasteiger partial charge in [0.15, 0.2) is 0 Å². The largest absolute Gasteiger partial charge is 0.340 e. The van der Waals surface area contributed by atoms with E-state index in [-0.39, 0.29) is 0 Å². The summed E-state index contributed by atoms with van der Waals surface area (Å²) in [5.41, 5.74) is 1.31.